The summed E-state index contributed by atoms with van der Waals surface area (Å²) in [5, 5.41) is 8.43. The van der Waals surface area contributed by atoms with Gasteiger partial charge in [0.1, 0.15) is 5.75 Å². The zero-order valence-corrected chi connectivity index (χ0v) is 23.3. The number of fused-ring (bicyclic) bond motifs is 1. The van der Waals surface area contributed by atoms with Crippen LogP contribution >= 0.6 is 0 Å². The van der Waals surface area contributed by atoms with E-state index in [0.717, 1.165) is 41.4 Å². The average Bonchev–Trinajstić information content (AvgIpc) is 2.91. The Morgan fingerprint density at radius 2 is 1.87 bits per heavy atom. The van der Waals surface area contributed by atoms with Crippen molar-refractivity contribution in [3.05, 3.63) is 66.5 Å². The highest BCUT2D eigenvalue weighted by atomic mass is 32.2. The maximum atomic E-state index is 12.5. The van der Waals surface area contributed by atoms with E-state index >= 15 is 0 Å². The standard InChI is InChI=1S/C29H34N6O3S/c1-4-14-39(36,37)35-26-16-20(3)27(23-9-6-5-8-22(23)26)38-28-24(10-7-12-31-28)25-11-13-32-29(34-25)33-21-15-19(2)17-30-18-21/h5-13,16,19,21,30,35H,4,14-15,17-18H2,1-3H3,(H,32,33,34)/t19-,21+/m1/s1. The summed E-state index contributed by atoms with van der Waals surface area (Å²) < 4.78 is 34.3. The van der Waals surface area contributed by atoms with Crippen LogP contribution in [0, 0.1) is 12.8 Å². The van der Waals surface area contributed by atoms with Crippen LogP contribution in [0.25, 0.3) is 22.0 Å². The Labute approximate surface area is 229 Å². The van der Waals surface area contributed by atoms with Crippen LogP contribution in [0.5, 0.6) is 11.6 Å². The van der Waals surface area contributed by atoms with Crippen LogP contribution in [-0.2, 0) is 10.0 Å². The minimum Gasteiger partial charge on any atom is -0.437 e. The van der Waals surface area contributed by atoms with Crippen molar-refractivity contribution in [2.45, 2.75) is 39.7 Å². The van der Waals surface area contributed by atoms with Gasteiger partial charge in [0.25, 0.3) is 0 Å². The average molecular weight is 547 g/mol. The second kappa shape index (κ2) is 11.5. The first-order chi connectivity index (χ1) is 18.8. The largest absolute Gasteiger partial charge is 0.437 e. The highest BCUT2D eigenvalue weighted by Gasteiger charge is 2.21. The van der Waals surface area contributed by atoms with Crippen molar-refractivity contribution in [3.8, 4) is 22.9 Å². The number of hydrogen-bond donors (Lipinski definition) is 3. The molecule has 1 fully saturated rings. The minimum atomic E-state index is -3.45. The van der Waals surface area contributed by atoms with E-state index in [2.05, 4.69) is 32.2 Å². The summed E-state index contributed by atoms with van der Waals surface area (Å²) in [7, 11) is -3.45. The zero-order valence-electron chi connectivity index (χ0n) is 22.4. The van der Waals surface area contributed by atoms with Crippen LogP contribution < -0.4 is 20.1 Å². The van der Waals surface area contributed by atoms with Gasteiger partial charge in [0, 0.05) is 35.8 Å². The van der Waals surface area contributed by atoms with Gasteiger partial charge in [-0.2, -0.15) is 0 Å². The van der Waals surface area contributed by atoms with E-state index in [1.165, 1.54) is 0 Å². The minimum absolute atomic E-state index is 0.0575. The van der Waals surface area contributed by atoms with E-state index in [0.29, 0.717) is 41.3 Å². The summed E-state index contributed by atoms with van der Waals surface area (Å²) >= 11 is 0. The van der Waals surface area contributed by atoms with Crippen LogP contribution in [0.2, 0.25) is 0 Å². The van der Waals surface area contributed by atoms with Crippen molar-refractivity contribution in [1.82, 2.24) is 20.3 Å². The van der Waals surface area contributed by atoms with Gasteiger partial charge < -0.3 is 15.4 Å². The lowest BCUT2D eigenvalue weighted by molar-refractivity contribution is 0.377. The molecule has 3 N–H and O–H groups in total. The van der Waals surface area contributed by atoms with Crippen LogP contribution in [0.15, 0.2) is 60.9 Å². The maximum absolute atomic E-state index is 12.5. The molecule has 0 aliphatic carbocycles. The van der Waals surface area contributed by atoms with Gasteiger partial charge in [-0.15, -0.1) is 0 Å². The monoisotopic (exact) mass is 546 g/mol. The predicted octanol–water partition coefficient (Wildman–Crippen LogP) is 5.35. The normalized spacial score (nSPS) is 17.6. The summed E-state index contributed by atoms with van der Waals surface area (Å²) in [4.78, 5) is 13.7. The van der Waals surface area contributed by atoms with Gasteiger partial charge in [-0.1, -0.05) is 38.1 Å². The van der Waals surface area contributed by atoms with Crippen molar-refractivity contribution in [2.75, 3.05) is 28.9 Å². The third kappa shape index (κ3) is 6.29. The van der Waals surface area contributed by atoms with Crippen LogP contribution in [0.4, 0.5) is 11.6 Å². The Kier molecular flexibility index (Phi) is 7.94. The number of piperidine rings is 1. The molecule has 1 saturated heterocycles. The fraction of sp³-hybridized carbons (Fsp3) is 0.345. The topological polar surface area (TPSA) is 118 Å². The first kappa shape index (κ1) is 26.8. The number of aromatic nitrogens is 3. The summed E-state index contributed by atoms with van der Waals surface area (Å²) in [6.45, 7) is 7.86. The number of rotatable bonds is 9. The van der Waals surface area contributed by atoms with Crippen molar-refractivity contribution in [3.63, 3.8) is 0 Å². The molecule has 0 amide bonds. The number of benzene rings is 2. The molecule has 1 aliphatic heterocycles. The molecule has 0 spiro atoms. The Bertz CT molecular complexity index is 1580. The first-order valence-corrected chi connectivity index (χ1v) is 14.9. The van der Waals surface area contributed by atoms with Gasteiger partial charge in [0.05, 0.1) is 22.7 Å². The maximum Gasteiger partial charge on any atom is 0.232 e. The predicted molar refractivity (Wildman–Crippen MR) is 156 cm³/mol. The smallest absolute Gasteiger partial charge is 0.232 e. The van der Waals surface area contributed by atoms with Crippen LogP contribution in [-0.4, -0.2) is 48.3 Å². The lowest BCUT2D eigenvalue weighted by atomic mass is 9.98. The number of nitrogens with one attached hydrogen (secondary N) is 3. The molecular weight excluding hydrogens is 512 g/mol. The van der Waals surface area contributed by atoms with Gasteiger partial charge in [-0.25, -0.2) is 23.4 Å². The number of aryl methyl sites for hydroxylation is 1. The quantitative estimate of drug-likeness (QED) is 0.257. The molecule has 0 unspecified atom stereocenters. The number of anilines is 2. The number of ether oxygens (including phenoxy) is 1. The van der Waals surface area contributed by atoms with Gasteiger partial charge in [0.15, 0.2) is 0 Å². The number of sulfonamides is 1. The molecule has 2 aromatic heterocycles. The highest BCUT2D eigenvalue weighted by Crippen LogP contribution is 2.39. The Hall–Kier alpha value is -3.76. The molecule has 10 heteroatoms. The summed E-state index contributed by atoms with van der Waals surface area (Å²) in [5.74, 6) is 2.22. The third-order valence-electron chi connectivity index (χ3n) is 6.72. The van der Waals surface area contributed by atoms with E-state index in [1.54, 1.807) is 18.5 Å². The molecule has 0 radical (unpaired) electrons. The molecular formula is C29H34N6O3S. The van der Waals surface area contributed by atoms with Crippen molar-refractivity contribution in [1.29, 1.82) is 0 Å². The van der Waals surface area contributed by atoms with E-state index in [1.807, 2.05) is 56.3 Å². The molecule has 9 nitrogen and oxygen atoms in total. The first-order valence-electron chi connectivity index (χ1n) is 13.3. The van der Waals surface area contributed by atoms with E-state index in [4.69, 9.17) is 9.72 Å². The molecule has 4 aromatic rings. The van der Waals surface area contributed by atoms with Gasteiger partial charge in [-0.3, -0.25) is 4.72 Å². The molecule has 0 bridgehead atoms. The van der Waals surface area contributed by atoms with Gasteiger partial charge in [-0.05, 0) is 62.1 Å². The third-order valence-corrected chi connectivity index (χ3v) is 8.20. The molecule has 5 rings (SSSR count). The lowest BCUT2D eigenvalue weighted by Crippen LogP contribution is -2.42. The van der Waals surface area contributed by atoms with E-state index in [9.17, 15) is 8.42 Å². The molecule has 2 aromatic carbocycles. The Morgan fingerprint density at radius 1 is 1.05 bits per heavy atom. The van der Waals surface area contributed by atoms with Crippen LogP contribution in [0.3, 0.4) is 0 Å². The lowest BCUT2D eigenvalue weighted by Gasteiger charge is -2.28. The Balaban J connectivity index is 1.48. The Morgan fingerprint density at radius 3 is 2.67 bits per heavy atom. The van der Waals surface area contributed by atoms with Crippen molar-refractivity contribution >= 4 is 32.4 Å². The van der Waals surface area contributed by atoms with Gasteiger partial charge >= 0.3 is 0 Å². The molecule has 0 saturated carbocycles. The fourth-order valence-corrected chi connectivity index (χ4v) is 6.13. The van der Waals surface area contributed by atoms with Crippen molar-refractivity contribution < 1.29 is 13.2 Å². The SMILES string of the molecule is CCCS(=O)(=O)Nc1cc(C)c(Oc2ncccc2-c2ccnc(N[C@@H]3CNC[C@H](C)C3)n2)c2ccccc12. The molecule has 1 aliphatic rings. The number of nitrogens with zero attached hydrogens (tertiary/aromatic N) is 3. The fourth-order valence-electron chi connectivity index (χ4n) is 4.99. The number of pyridine rings is 1. The summed E-state index contributed by atoms with van der Waals surface area (Å²) in [6.07, 6.45) is 5.00. The molecule has 2 atom stereocenters. The zero-order chi connectivity index (χ0) is 27.4. The van der Waals surface area contributed by atoms with Gasteiger partial charge in [0.2, 0.25) is 21.9 Å². The van der Waals surface area contributed by atoms with E-state index in [-0.39, 0.29) is 11.8 Å². The summed E-state index contributed by atoms with van der Waals surface area (Å²) in [5.41, 5.74) is 2.74. The highest BCUT2D eigenvalue weighted by molar-refractivity contribution is 7.92. The second-order valence-corrected chi connectivity index (χ2v) is 11.9. The molecule has 204 valence electrons. The summed E-state index contributed by atoms with van der Waals surface area (Å²) in [6, 6.07) is 15.3. The molecule has 39 heavy (non-hydrogen) atoms. The second-order valence-electron chi connectivity index (χ2n) is 10.1. The van der Waals surface area contributed by atoms with Crippen LogP contribution in [0.1, 0.15) is 32.3 Å². The molecule has 3 heterocycles. The van der Waals surface area contributed by atoms with Crippen molar-refractivity contribution in [2.24, 2.45) is 5.92 Å². The van der Waals surface area contributed by atoms with E-state index < -0.39 is 10.0 Å². The number of hydrogen-bond acceptors (Lipinski definition) is 8.